The zero-order valence-corrected chi connectivity index (χ0v) is 13.9. The van der Waals surface area contributed by atoms with Gasteiger partial charge in [0.25, 0.3) is 0 Å². The van der Waals surface area contributed by atoms with Crippen LogP contribution in [0.1, 0.15) is 6.42 Å². The predicted octanol–water partition coefficient (Wildman–Crippen LogP) is 1.19. The minimum absolute atomic E-state index is 0.0109. The van der Waals surface area contributed by atoms with E-state index in [1.807, 2.05) is 29.2 Å². The minimum Gasteiger partial charge on any atom is -0.497 e. The molecule has 0 aliphatic carbocycles. The van der Waals surface area contributed by atoms with Crippen LogP contribution in [-0.4, -0.2) is 74.8 Å². The first-order valence-corrected chi connectivity index (χ1v) is 8.26. The first kappa shape index (κ1) is 16.4. The summed E-state index contributed by atoms with van der Waals surface area (Å²) >= 11 is 0. The summed E-state index contributed by atoms with van der Waals surface area (Å²) in [4.78, 5) is 29.6. The van der Waals surface area contributed by atoms with Gasteiger partial charge in [-0.1, -0.05) is 0 Å². The number of amides is 2. The number of cyclic esters (lactones) is 1. The molecular weight excluding hydrogens is 310 g/mol. The molecule has 2 aliphatic rings. The summed E-state index contributed by atoms with van der Waals surface area (Å²) in [5.41, 5.74) is 1.13. The number of carbonyl (C=O) groups excluding carboxylic acids is 2. The lowest BCUT2D eigenvalue weighted by Gasteiger charge is -2.37. The van der Waals surface area contributed by atoms with Gasteiger partial charge < -0.3 is 19.3 Å². The molecule has 0 unspecified atom stereocenters. The highest BCUT2D eigenvalue weighted by molar-refractivity contribution is 5.82. The smallest absolute Gasteiger partial charge is 0.410 e. The second-order valence-electron chi connectivity index (χ2n) is 5.96. The summed E-state index contributed by atoms with van der Waals surface area (Å²) in [5.74, 6) is 0.823. The van der Waals surface area contributed by atoms with Crippen molar-refractivity contribution in [2.24, 2.45) is 0 Å². The first-order valence-electron chi connectivity index (χ1n) is 8.26. The van der Waals surface area contributed by atoms with Crippen molar-refractivity contribution in [2.75, 3.05) is 57.9 Å². The van der Waals surface area contributed by atoms with Gasteiger partial charge in [-0.2, -0.15) is 0 Å². The molecule has 0 radical (unpaired) electrons. The molecular formula is C17H23N3O4. The molecule has 2 aliphatic heterocycles. The van der Waals surface area contributed by atoms with E-state index >= 15 is 0 Å². The van der Waals surface area contributed by atoms with Crippen LogP contribution in [0.15, 0.2) is 24.3 Å². The SMILES string of the molecule is COc1ccc(N2CCN(C(=O)CN3CCCOC3=O)CC2)cc1. The van der Waals surface area contributed by atoms with Crippen LogP contribution in [0.4, 0.5) is 10.5 Å². The predicted molar refractivity (Wildman–Crippen MR) is 89.3 cm³/mol. The Morgan fingerprint density at radius 2 is 1.83 bits per heavy atom. The maximum absolute atomic E-state index is 12.4. The number of piperazine rings is 1. The second-order valence-corrected chi connectivity index (χ2v) is 5.96. The van der Waals surface area contributed by atoms with E-state index in [9.17, 15) is 9.59 Å². The molecule has 0 N–H and O–H groups in total. The van der Waals surface area contributed by atoms with E-state index in [4.69, 9.17) is 9.47 Å². The normalized spacial score (nSPS) is 18.4. The van der Waals surface area contributed by atoms with Crippen molar-refractivity contribution < 1.29 is 19.1 Å². The van der Waals surface area contributed by atoms with Crippen molar-refractivity contribution in [2.45, 2.75) is 6.42 Å². The molecule has 0 saturated carbocycles. The molecule has 0 atom stereocenters. The summed E-state index contributed by atoms with van der Waals surface area (Å²) in [5, 5.41) is 0. The number of rotatable bonds is 4. The van der Waals surface area contributed by atoms with Gasteiger partial charge in [-0.05, 0) is 30.7 Å². The van der Waals surface area contributed by atoms with Gasteiger partial charge in [0.2, 0.25) is 5.91 Å². The Morgan fingerprint density at radius 1 is 1.12 bits per heavy atom. The summed E-state index contributed by atoms with van der Waals surface area (Å²) < 4.78 is 10.1. The molecule has 2 fully saturated rings. The fraction of sp³-hybridized carbons (Fsp3) is 0.529. The van der Waals surface area contributed by atoms with Crippen LogP contribution < -0.4 is 9.64 Å². The number of ether oxygens (including phenoxy) is 2. The summed E-state index contributed by atoms with van der Waals surface area (Å²) in [7, 11) is 1.65. The van der Waals surface area contributed by atoms with E-state index in [1.165, 1.54) is 4.90 Å². The average Bonchev–Trinajstić information content (AvgIpc) is 2.64. The van der Waals surface area contributed by atoms with Crippen LogP contribution in [0.3, 0.4) is 0 Å². The quantitative estimate of drug-likeness (QED) is 0.828. The number of anilines is 1. The van der Waals surface area contributed by atoms with Crippen LogP contribution in [0.5, 0.6) is 5.75 Å². The van der Waals surface area contributed by atoms with Gasteiger partial charge in [-0.3, -0.25) is 9.69 Å². The Morgan fingerprint density at radius 3 is 2.46 bits per heavy atom. The Hall–Kier alpha value is -2.44. The number of nitrogens with zero attached hydrogens (tertiary/aromatic N) is 3. The zero-order chi connectivity index (χ0) is 16.9. The number of hydrogen-bond donors (Lipinski definition) is 0. The van der Waals surface area contributed by atoms with Crippen LogP contribution in [0, 0.1) is 0 Å². The maximum Gasteiger partial charge on any atom is 0.410 e. The van der Waals surface area contributed by atoms with E-state index < -0.39 is 0 Å². The monoisotopic (exact) mass is 333 g/mol. The lowest BCUT2D eigenvalue weighted by Crippen LogP contribution is -2.52. The highest BCUT2D eigenvalue weighted by Gasteiger charge is 2.26. The molecule has 7 heteroatoms. The van der Waals surface area contributed by atoms with Gasteiger partial charge in [0, 0.05) is 38.4 Å². The van der Waals surface area contributed by atoms with Crippen molar-refractivity contribution in [3.05, 3.63) is 24.3 Å². The van der Waals surface area contributed by atoms with Crippen molar-refractivity contribution in [3.63, 3.8) is 0 Å². The van der Waals surface area contributed by atoms with Crippen LogP contribution >= 0.6 is 0 Å². The van der Waals surface area contributed by atoms with E-state index in [2.05, 4.69) is 4.90 Å². The Kier molecular flexibility index (Phi) is 5.08. The molecule has 0 aromatic heterocycles. The van der Waals surface area contributed by atoms with Crippen LogP contribution in [-0.2, 0) is 9.53 Å². The molecule has 0 bridgehead atoms. The second kappa shape index (κ2) is 7.42. The van der Waals surface area contributed by atoms with Crippen molar-refractivity contribution in [1.82, 2.24) is 9.80 Å². The topological polar surface area (TPSA) is 62.3 Å². The molecule has 2 heterocycles. The Bertz CT molecular complexity index is 582. The fourth-order valence-corrected chi connectivity index (χ4v) is 3.01. The van der Waals surface area contributed by atoms with Crippen molar-refractivity contribution in [3.8, 4) is 5.75 Å². The summed E-state index contributed by atoms with van der Waals surface area (Å²) in [6.07, 6.45) is 0.399. The molecule has 1 aromatic rings. The van der Waals surface area contributed by atoms with Gasteiger partial charge in [0.15, 0.2) is 0 Å². The lowest BCUT2D eigenvalue weighted by molar-refractivity contribution is -0.132. The van der Waals surface area contributed by atoms with Crippen molar-refractivity contribution >= 4 is 17.7 Å². The maximum atomic E-state index is 12.4. The molecule has 24 heavy (non-hydrogen) atoms. The Labute approximate surface area is 141 Å². The van der Waals surface area contributed by atoms with Crippen LogP contribution in [0.2, 0.25) is 0 Å². The third-order valence-corrected chi connectivity index (χ3v) is 4.45. The van der Waals surface area contributed by atoms with E-state index in [1.54, 1.807) is 7.11 Å². The van der Waals surface area contributed by atoms with Gasteiger partial charge in [-0.15, -0.1) is 0 Å². The molecule has 0 spiro atoms. The number of benzene rings is 1. The van der Waals surface area contributed by atoms with Crippen molar-refractivity contribution in [1.29, 1.82) is 0 Å². The number of carbonyl (C=O) groups is 2. The van der Waals surface area contributed by atoms with Gasteiger partial charge in [-0.25, -0.2) is 4.79 Å². The highest BCUT2D eigenvalue weighted by atomic mass is 16.6. The van der Waals surface area contributed by atoms with Gasteiger partial charge >= 0.3 is 6.09 Å². The molecule has 1 aromatic carbocycles. The molecule has 7 nitrogen and oxygen atoms in total. The van der Waals surface area contributed by atoms with Crippen LogP contribution in [0.25, 0.3) is 0 Å². The molecule has 130 valence electrons. The third-order valence-electron chi connectivity index (χ3n) is 4.45. The fourth-order valence-electron chi connectivity index (χ4n) is 3.01. The third kappa shape index (κ3) is 3.72. The molecule has 2 amide bonds. The van der Waals surface area contributed by atoms with E-state index in [-0.39, 0.29) is 18.5 Å². The van der Waals surface area contributed by atoms with E-state index in [0.29, 0.717) is 26.2 Å². The first-order chi connectivity index (χ1) is 11.7. The average molecular weight is 333 g/mol. The molecule has 2 saturated heterocycles. The molecule has 3 rings (SSSR count). The minimum atomic E-state index is -0.383. The zero-order valence-electron chi connectivity index (χ0n) is 13.9. The number of methoxy groups -OCH3 is 1. The van der Waals surface area contributed by atoms with Gasteiger partial charge in [0.1, 0.15) is 12.3 Å². The largest absolute Gasteiger partial charge is 0.497 e. The highest BCUT2D eigenvalue weighted by Crippen LogP contribution is 2.20. The van der Waals surface area contributed by atoms with E-state index in [0.717, 1.165) is 30.9 Å². The summed E-state index contributed by atoms with van der Waals surface area (Å²) in [6, 6.07) is 7.93. The number of hydrogen-bond acceptors (Lipinski definition) is 5. The summed E-state index contributed by atoms with van der Waals surface area (Å²) in [6.45, 7) is 4.04. The Balaban J connectivity index is 1.50. The lowest BCUT2D eigenvalue weighted by atomic mass is 10.2. The standard InChI is InChI=1S/C17H23N3O4/c1-23-15-5-3-14(4-6-15)18-8-10-19(11-9-18)16(21)13-20-7-2-12-24-17(20)22/h3-6H,2,7-13H2,1H3. The van der Waals surface area contributed by atoms with Gasteiger partial charge in [0.05, 0.1) is 13.7 Å².